The first kappa shape index (κ1) is 13.3. The molecule has 0 saturated carbocycles. The quantitative estimate of drug-likeness (QED) is 0.736. The van der Waals surface area contributed by atoms with Crippen molar-refractivity contribution in [3.63, 3.8) is 0 Å². The topological polar surface area (TPSA) is 58.6 Å². The number of likely N-dealkylation sites (tertiary alicyclic amines) is 1. The molecule has 2 amide bonds. The number of morpholine rings is 1. The van der Waals surface area contributed by atoms with Gasteiger partial charge < -0.3 is 15.0 Å². The number of hydrogen-bond acceptors (Lipinski definition) is 3. The molecular weight excluding hydrogens is 232 g/mol. The van der Waals surface area contributed by atoms with Crippen LogP contribution in [0.1, 0.15) is 27.2 Å². The number of fused-ring (bicyclic) bond motifs is 2. The third kappa shape index (κ3) is 2.36. The fraction of sp³-hybridized carbons (Fsp3) is 0.846. The molecule has 0 aromatic rings. The Morgan fingerprint density at radius 2 is 1.94 bits per heavy atom. The lowest BCUT2D eigenvalue weighted by molar-refractivity contribution is -0.149. The van der Waals surface area contributed by atoms with Crippen LogP contribution in [0.25, 0.3) is 0 Å². The summed E-state index contributed by atoms with van der Waals surface area (Å²) in [5.74, 6) is 0.0451. The molecule has 2 heterocycles. The van der Waals surface area contributed by atoms with Crippen LogP contribution in [0, 0.1) is 11.3 Å². The highest BCUT2D eigenvalue weighted by Crippen LogP contribution is 2.33. The van der Waals surface area contributed by atoms with Crippen LogP contribution in [0.3, 0.4) is 0 Å². The molecular formula is C13H22N2O3. The van der Waals surface area contributed by atoms with Crippen molar-refractivity contribution in [3.8, 4) is 0 Å². The Labute approximate surface area is 108 Å². The number of carbonyl (C=O) groups excluding carboxylic acids is 2. The van der Waals surface area contributed by atoms with Crippen LogP contribution in [0.5, 0.6) is 0 Å². The van der Waals surface area contributed by atoms with E-state index in [1.807, 2.05) is 25.7 Å². The largest absolute Gasteiger partial charge is 0.370 e. The summed E-state index contributed by atoms with van der Waals surface area (Å²) in [7, 11) is 1.64. The molecule has 2 saturated heterocycles. The van der Waals surface area contributed by atoms with Crippen molar-refractivity contribution in [1.82, 2.24) is 10.2 Å². The molecule has 102 valence electrons. The van der Waals surface area contributed by atoms with Gasteiger partial charge in [0, 0.05) is 25.6 Å². The summed E-state index contributed by atoms with van der Waals surface area (Å²) in [6.07, 6.45) is 0.588. The first-order valence-corrected chi connectivity index (χ1v) is 6.49. The average molecular weight is 254 g/mol. The lowest BCUT2D eigenvalue weighted by Gasteiger charge is -2.36. The number of nitrogens with zero attached hydrogens (tertiary/aromatic N) is 1. The lowest BCUT2D eigenvalue weighted by atomic mass is 9.94. The second-order valence-electron chi connectivity index (χ2n) is 6.21. The molecule has 2 bridgehead atoms. The van der Waals surface area contributed by atoms with Gasteiger partial charge in [0.1, 0.15) is 0 Å². The summed E-state index contributed by atoms with van der Waals surface area (Å²) in [5, 5.41) is 2.67. The first-order chi connectivity index (χ1) is 8.32. The number of rotatable bonds is 1. The predicted octanol–water partition coefficient (Wildman–Crippen LogP) is 0.394. The molecule has 0 radical (unpaired) electrons. The number of hydrogen-bond donors (Lipinski definition) is 1. The standard InChI is InChI=1S/C13H22N2O3/c1-13(2,3)12(17)15-6-8-5-9(11(16)14-4)10(7-15)18-8/h8-10H,5-7H2,1-4H3,(H,14,16). The minimum atomic E-state index is -0.376. The summed E-state index contributed by atoms with van der Waals surface area (Å²) >= 11 is 0. The smallest absolute Gasteiger partial charge is 0.228 e. The number of carbonyl (C=O) groups is 2. The first-order valence-electron chi connectivity index (χ1n) is 6.49. The molecule has 1 N–H and O–H groups in total. The number of ether oxygens (including phenoxy) is 1. The maximum Gasteiger partial charge on any atom is 0.228 e. The molecule has 2 fully saturated rings. The second kappa shape index (κ2) is 4.53. The van der Waals surface area contributed by atoms with E-state index in [1.165, 1.54) is 0 Å². The second-order valence-corrected chi connectivity index (χ2v) is 6.21. The van der Waals surface area contributed by atoms with E-state index in [4.69, 9.17) is 4.74 Å². The summed E-state index contributed by atoms with van der Waals surface area (Å²) in [5.41, 5.74) is -0.376. The van der Waals surface area contributed by atoms with Gasteiger partial charge in [0.15, 0.2) is 0 Å². The van der Waals surface area contributed by atoms with Gasteiger partial charge >= 0.3 is 0 Å². The zero-order valence-corrected chi connectivity index (χ0v) is 11.5. The lowest BCUT2D eigenvalue weighted by Crippen LogP contribution is -2.50. The molecule has 0 aromatic carbocycles. The number of amides is 2. The van der Waals surface area contributed by atoms with Crippen molar-refractivity contribution < 1.29 is 14.3 Å². The summed E-state index contributed by atoms with van der Waals surface area (Å²) in [6.45, 7) is 6.90. The van der Waals surface area contributed by atoms with Crippen LogP contribution in [-0.4, -0.2) is 49.1 Å². The van der Waals surface area contributed by atoms with Crippen molar-refractivity contribution in [1.29, 1.82) is 0 Å². The van der Waals surface area contributed by atoms with Gasteiger partial charge in [-0.05, 0) is 6.42 Å². The van der Waals surface area contributed by atoms with Crippen molar-refractivity contribution in [3.05, 3.63) is 0 Å². The molecule has 5 heteroatoms. The maximum absolute atomic E-state index is 12.3. The molecule has 5 nitrogen and oxygen atoms in total. The summed E-state index contributed by atoms with van der Waals surface area (Å²) in [6, 6.07) is 0. The minimum absolute atomic E-state index is 0.0114. The molecule has 18 heavy (non-hydrogen) atoms. The Morgan fingerprint density at radius 3 is 2.50 bits per heavy atom. The fourth-order valence-corrected chi connectivity index (χ4v) is 2.76. The van der Waals surface area contributed by atoms with E-state index in [9.17, 15) is 9.59 Å². The Morgan fingerprint density at radius 1 is 1.28 bits per heavy atom. The van der Waals surface area contributed by atoms with E-state index in [1.54, 1.807) is 7.05 Å². The van der Waals surface area contributed by atoms with Gasteiger partial charge in [-0.15, -0.1) is 0 Å². The molecule has 0 aromatic heterocycles. The Bertz CT molecular complexity index is 362. The van der Waals surface area contributed by atoms with Crippen LogP contribution < -0.4 is 5.32 Å². The highest BCUT2D eigenvalue weighted by molar-refractivity contribution is 5.82. The van der Waals surface area contributed by atoms with E-state index in [-0.39, 0.29) is 35.4 Å². The van der Waals surface area contributed by atoms with Gasteiger partial charge in [0.25, 0.3) is 0 Å². The molecule has 0 spiro atoms. The van der Waals surface area contributed by atoms with Crippen molar-refractivity contribution in [2.75, 3.05) is 20.1 Å². The highest BCUT2D eigenvalue weighted by atomic mass is 16.5. The van der Waals surface area contributed by atoms with Gasteiger partial charge in [-0.2, -0.15) is 0 Å². The van der Waals surface area contributed by atoms with Crippen molar-refractivity contribution >= 4 is 11.8 Å². The molecule has 2 rings (SSSR count). The van der Waals surface area contributed by atoms with Gasteiger partial charge in [0.2, 0.25) is 11.8 Å². The van der Waals surface area contributed by atoms with Gasteiger partial charge in [-0.1, -0.05) is 20.8 Å². The fourth-order valence-electron chi connectivity index (χ4n) is 2.76. The van der Waals surface area contributed by atoms with E-state index in [2.05, 4.69) is 5.32 Å². The third-order valence-electron chi connectivity index (χ3n) is 3.67. The van der Waals surface area contributed by atoms with Crippen molar-refractivity contribution in [2.24, 2.45) is 11.3 Å². The van der Waals surface area contributed by atoms with Gasteiger partial charge in [-0.25, -0.2) is 0 Å². The molecule has 2 aliphatic rings. The predicted molar refractivity (Wildman–Crippen MR) is 66.9 cm³/mol. The monoisotopic (exact) mass is 254 g/mol. The molecule has 3 atom stereocenters. The summed E-state index contributed by atoms with van der Waals surface area (Å²) in [4.78, 5) is 25.8. The van der Waals surface area contributed by atoms with E-state index in [0.717, 1.165) is 6.42 Å². The normalized spacial score (nSPS) is 31.3. The van der Waals surface area contributed by atoms with E-state index in [0.29, 0.717) is 13.1 Å². The Kier molecular flexibility index (Phi) is 3.36. The van der Waals surface area contributed by atoms with Gasteiger partial charge in [0.05, 0.1) is 18.1 Å². The third-order valence-corrected chi connectivity index (χ3v) is 3.67. The van der Waals surface area contributed by atoms with Crippen LogP contribution in [0.2, 0.25) is 0 Å². The minimum Gasteiger partial charge on any atom is -0.370 e. The zero-order chi connectivity index (χ0) is 13.5. The SMILES string of the molecule is CNC(=O)C1CC2CN(C(=O)C(C)(C)C)CC1O2. The molecule has 3 unspecified atom stereocenters. The number of nitrogens with one attached hydrogen (secondary N) is 1. The van der Waals surface area contributed by atoms with E-state index < -0.39 is 0 Å². The van der Waals surface area contributed by atoms with Crippen LogP contribution in [0.4, 0.5) is 0 Å². The highest BCUT2D eigenvalue weighted by Gasteiger charge is 2.46. The molecule has 2 aliphatic heterocycles. The molecule has 0 aliphatic carbocycles. The Hall–Kier alpha value is -1.10. The van der Waals surface area contributed by atoms with Gasteiger partial charge in [-0.3, -0.25) is 9.59 Å². The maximum atomic E-state index is 12.3. The average Bonchev–Trinajstić information content (AvgIpc) is 2.61. The van der Waals surface area contributed by atoms with E-state index >= 15 is 0 Å². The van der Waals surface area contributed by atoms with Crippen molar-refractivity contribution in [2.45, 2.75) is 39.4 Å². The van der Waals surface area contributed by atoms with Crippen LogP contribution in [-0.2, 0) is 14.3 Å². The zero-order valence-electron chi connectivity index (χ0n) is 11.5. The van der Waals surface area contributed by atoms with Crippen LogP contribution in [0.15, 0.2) is 0 Å². The van der Waals surface area contributed by atoms with Crippen LogP contribution >= 0.6 is 0 Å². The Balaban J connectivity index is 2.07. The summed E-state index contributed by atoms with van der Waals surface area (Å²) < 4.78 is 5.77.